The standard InChI is InChI=1S/C12H9NO5S/c14-11(15)7-3-1-2-4-8(7)13-10-9(5-6-19-10)18-12(16)17/h1-6,13H,(H,14,15)(H,16,17). The van der Waals surface area contributed by atoms with Crippen molar-refractivity contribution < 1.29 is 24.5 Å². The molecule has 0 spiro atoms. The van der Waals surface area contributed by atoms with Crippen LogP contribution in [0.4, 0.5) is 15.5 Å². The first-order valence-corrected chi connectivity index (χ1v) is 6.03. The van der Waals surface area contributed by atoms with E-state index < -0.39 is 12.1 Å². The van der Waals surface area contributed by atoms with Gasteiger partial charge in [-0.3, -0.25) is 0 Å². The fraction of sp³-hybridized carbons (Fsp3) is 0. The van der Waals surface area contributed by atoms with Crippen LogP contribution in [0.1, 0.15) is 10.4 Å². The Balaban J connectivity index is 2.29. The number of thiophene rings is 1. The molecule has 0 aliphatic rings. The summed E-state index contributed by atoms with van der Waals surface area (Å²) in [7, 11) is 0. The average molecular weight is 279 g/mol. The van der Waals surface area contributed by atoms with Crippen LogP contribution in [0, 0.1) is 0 Å². The number of aromatic carboxylic acids is 1. The SMILES string of the molecule is O=C(O)Oc1ccsc1Nc1ccccc1C(=O)O. The van der Waals surface area contributed by atoms with Gasteiger partial charge in [0.1, 0.15) is 5.00 Å². The monoisotopic (exact) mass is 279 g/mol. The second kappa shape index (κ2) is 5.40. The Labute approximate surface area is 111 Å². The van der Waals surface area contributed by atoms with Gasteiger partial charge in [-0.1, -0.05) is 12.1 Å². The lowest BCUT2D eigenvalue weighted by Gasteiger charge is -2.08. The molecular weight excluding hydrogens is 270 g/mol. The molecule has 0 saturated heterocycles. The Kier molecular flexibility index (Phi) is 3.67. The van der Waals surface area contributed by atoms with Crippen LogP contribution in [-0.2, 0) is 0 Å². The number of hydrogen-bond donors (Lipinski definition) is 3. The van der Waals surface area contributed by atoms with Gasteiger partial charge in [0.2, 0.25) is 0 Å². The molecule has 3 N–H and O–H groups in total. The summed E-state index contributed by atoms with van der Waals surface area (Å²) in [6.07, 6.45) is -1.42. The number of carboxylic acids is 1. The van der Waals surface area contributed by atoms with E-state index in [0.29, 0.717) is 10.7 Å². The number of rotatable bonds is 4. The Morgan fingerprint density at radius 3 is 2.58 bits per heavy atom. The summed E-state index contributed by atoms with van der Waals surface area (Å²) in [5.41, 5.74) is 0.463. The van der Waals surface area contributed by atoms with Gasteiger partial charge in [-0.15, -0.1) is 11.3 Å². The number of anilines is 2. The van der Waals surface area contributed by atoms with Crippen LogP contribution in [0.2, 0.25) is 0 Å². The van der Waals surface area contributed by atoms with Crippen molar-refractivity contribution in [1.82, 2.24) is 0 Å². The molecule has 0 atom stereocenters. The Morgan fingerprint density at radius 2 is 1.89 bits per heavy atom. The average Bonchev–Trinajstić information content (AvgIpc) is 2.76. The summed E-state index contributed by atoms with van der Waals surface area (Å²) >= 11 is 1.21. The molecule has 1 aromatic heterocycles. The number of benzene rings is 1. The minimum atomic E-state index is -1.42. The van der Waals surface area contributed by atoms with Gasteiger partial charge in [0.15, 0.2) is 5.75 Å². The molecule has 0 aliphatic heterocycles. The lowest BCUT2D eigenvalue weighted by atomic mass is 10.2. The lowest BCUT2D eigenvalue weighted by molar-refractivity contribution is 0.0697. The van der Waals surface area contributed by atoms with Crippen molar-refractivity contribution in [3.8, 4) is 5.75 Å². The number of carbonyl (C=O) groups is 2. The number of para-hydroxylation sites is 1. The zero-order valence-corrected chi connectivity index (χ0v) is 10.3. The fourth-order valence-electron chi connectivity index (χ4n) is 1.46. The van der Waals surface area contributed by atoms with Crippen LogP contribution >= 0.6 is 11.3 Å². The number of nitrogens with one attached hydrogen (secondary N) is 1. The first kappa shape index (κ1) is 12.9. The molecule has 0 bridgehead atoms. The second-order valence-electron chi connectivity index (χ2n) is 3.46. The van der Waals surface area contributed by atoms with Crippen LogP contribution in [0.5, 0.6) is 5.75 Å². The molecule has 19 heavy (non-hydrogen) atoms. The maximum atomic E-state index is 11.1. The van der Waals surface area contributed by atoms with Crippen molar-refractivity contribution in [2.24, 2.45) is 0 Å². The molecule has 98 valence electrons. The third-order valence-corrected chi connectivity index (χ3v) is 3.04. The third-order valence-electron chi connectivity index (χ3n) is 2.23. The Morgan fingerprint density at radius 1 is 1.16 bits per heavy atom. The number of carboxylic acid groups (broad SMARTS) is 2. The first-order chi connectivity index (χ1) is 9.08. The van der Waals surface area contributed by atoms with E-state index in [1.165, 1.54) is 23.5 Å². The van der Waals surface area contributed by atoms with Crippen molar-refractivity contribution in [1.29, 1.82) is 0 Å². The van der Waals surface area contributed by atoms with Gasteiger partial charge in [0.25, 0.3) is 0 Å². The third kappa shape index (κ3) is 3.02. The summed E-state index contributed by atoms with van der Waals surface area (Å²) in [4.78, 5) is 21.6. The van der Waals surface area contributed by atoms with Gasteiger partial charge in [0, 0.05) is 0 Å². The smallest absolute Gasteiger partial charge is 0.478 e. The second-order valence-corrected chi connectivity index (χ2v) is 4.37. The molecule has 1 heterocycles. The van der Waals surface area contributed by atoms with Crippen molar-refractivity contribution in [3.63, 3.8) is 0 Å². The Hall–Kier alpha value is -2.54. The summed E-state index contributed by atoms with van der Waals surface area (Å²) in [5, 5.41) is 22.6. The first-order valence-electron chi connectivity index (χ1n) is 5.15. The van der Waals surface area contributed by atoms with E-state index in [-0.39, 0.29) is 11.3 Å². The molecule has 0 radical (unpaired) electrons. The van der Waals surface area contributed by atoms with Crippen LogP contribution in [-0.4, -0.2) is 22.3 Å². The highest BCUT2D eigenvalue weighted by atomic mass is 32.1. The summed E-state index contributed by atoms with van der Waals surface area (Å²) in [6.45, 7) is 0. The molecule has 0 unspecified atom stereocenters. The van der Waals surface area contributed by atoms with Crippen molar-refractivity contribution in [2.75, 3.05) is 5.32 Å². The summed E-state index contributed by atoms with van der Waals surface area (Å²) in [6, 6.07) is 7.83. The molecule has 7 heteroatoms. The van der Waals surface area contributed by atoms with Gasteiger partial charge >= 0.3 is 12.1 Å². The van der Waals surface area contributed by atoms with E-state index >= 15 is 0 Å². The van der Waals surface area contributed by atoms with E-state index in [4.69, 9.17) is 10.2 Å². The van der Waals surface area contributed by atoms with Crippen LogP contribution in [0.25, 0.3) is 0 Å². The minimum absolute atomic E-state index is 0.0946. The molecule has 2 aromatic rings. The van der Waals surface area contributed by atoms with E-state index in [2.05, 4.69) is 10.1 Å². The van der Waals surface area contributed by atoms with Gasteiger partial charge < -0.3 is 20.3 Å². The molecule has 2 rings (SSSR count). The zero-order valence-electron chi connectivity index (χ0n) is 9.49. The van der Waals surface area contributed by atoms with E-state index in [1.54, 1.807) is 23.6 Å². The van der Waals surface area contributed by atoms with Crippen LogP contribution in [0.3, 0.4) is 0 Å². The number of hydrogen-bond acceptors (Lipinski definition) is 5. The molecular formula is C12H9NO5S. The maximum Gasteiger partial charge on any atom is 0.511 e. The quantitative estimate of drug-likeness (QED) is 0.743. The fourth-order valence-corrected chi connectivity index (χ4v) is 2.19. The van der Waals surface area contributed by atoms with Gasteiger partial charge in [-0.25, -0.2) is 9.59 Å². The largest absolute Gasteiger partial charge is 0.511 e. The summed E-state index contributed by atoms with van der Waals surface area (Å²) < 4.78 is 4.58. The van der Waals surface area contributed by atoms with E-state index in [0.717, 1.165) is 0 Å². The Bertz CT molecular complexity index is 622. The minimum Gasteiger partial charge on any atom is -0.478 e. The van der Waals surface area contributed by atoms with Crippen molar-refractivity contribution in [3.05, 3.63) is 41.3 Å². The molecule has 1 aromatic carbocycles. The molecule has 0 saturated carbocycles. The molecule has 0 aliphatic carbocycles. The number of ether oxygens (including phenoxy) is 1. The highest BCUT2D eigenvalue weighted by Gasteiger charge is 2.13. The van der Waals surface area contributed by atoms with Crippen LogP contribution < -0.4 is 10.1 Å². The van der Waals surface area contributed by atoms with Gasteiger partial charge in [0.05, 0.1) is 11.3 Å². The predicted molar refractivity (Wildman–Crippen MR) is 69.7 cm³/mol. The van der Waals surface area contributed by atoms with Crippen molar-refractivity contribution in [2.45, 2.75) is 0 Å². The van der Waals surface area contributed by atoms with Crippen LogP contribution in [0.15, 0.2) is 35.7 Å². The molecule has 0 amide bonds. The van der Waals surface area contributed by atoms with E-state index in [9.17, 15) is 9.59 Å². The van der Waals surface area contributed by atoms with Gasteiger partial charge in [-0.05, 0) is 23.6 Å². The normalized spacial score (nSPS) is 9.89. The molecule has 6 nitrogen and oxygen atoms in total. The molecule has 0 fully saturated rings. The van der Waals surface area contributed by atoms with E-state index in [1.807, 2.05) is 0 Å². The zero-order chi connectivity index (χ0) is 13.8. The topological polar surface area (TPSA) is 95.9 Å². The van der Waals surface area contributed by atoms with Crippen molar-refractivity contribution >= 4 is 34.1 Å². The maximum absolute atomic E-state index is 11.1. The summed E-state index contributed by atoms with van der Waals surface area (Å²) in [5.74, 6) is -0.932. The highest BCUT2D eigenvalue weighted by molar-refractivity contribution is 7.14. The lowest BCUT2D eigenvalue weighted by Crippen LogP contribution is -2.05. The predicted octanol–water partition coefficient (Wildman–Crippen LogP) is 3.25. The van der Waals surface area contributed by atoms with Gasteiger partial charge in [-0.2, -0.15) is 0 Å². The highest BCUT2D eigenvalue weighted by Crippen LogP contribution is 2.34.